The van der Waals surface area contributed by atoms with Gasteiger partial charge in [-0.25, -0.2) is 0 Å². The number of morpholine rings is 1. The first kappa shape index (κ1) is 14.3. The van der Waals surface area contributed by atoms with Gasteiger partial charge in [-0.3, -0.25) is 4.90 Å². The summed E-state index contributed by atoms with van der Waals surface area (Å²) in [7, 11) is 0. The molecule has 1 aliphatic carbocycles. The molecule has 0 aromatic rings. The molecule has 2 aliphatic rings. The predicted molar refractivity (Wildman–Crippen MR) is 73.8 cm³/mol. The van der Waals surface area contributed by atoms with Crippen LogP contribution in [0.1, 0.15) is 47.0 Å². The Morgan fingerprint density at radius 1 is 1.28 bits per heavy atom. The largest absolute Gasteiger partial charge is 0.378 e. The molecule has 0 bridgehead atoms. The molecular weight excluding hydrogens is 226 g/mol. The van der Waals surface area contributed by atoms with E-state index >= 15 is 0 Å². The van der Waals surface area contributed by atoms with E-state index in [-0.39, 0.29) is 0 Å². The molecule has 106 valence electrons. The van der Waals surface area contributed by atoms with Gasteiger partial charge in [-0.05, 0) is 40.0 Å². The topological polar surface area (TPSA) is 21.7 Å². The van der Waals surface area contributed by atoms with Crippen LogP contribution < -0.4 is 0 Å². The van der Waals surface area contributed by atoms with E-state index in [0.29, 0.717) is 23.7 Å². The van der Waals surface area contributed by atoms with Crippen molar-refractivity contribution >= 4 is 0 Å². The van der Waals surface area contributed by atoms with Crippen LogP contribution in [0.15, 0.2) is 0 Å². The van der Waals surface area contributed by atoms with E-state index in [0.717, 1.165) is 26.1 Å². The van der Waals surface area contributed by atoms with E-state index in [1.807, 2.05) is 0 Å². The molecule has 0 spiro atoms. The average molecular weight is 255 g/mol. The van der Waals surface area contributed by atoms with Gasteiger partial charge in [0.15, 0.2) is 0 Å². The van der Waals surface area contributed by atoms with Crippen LogP contribution >= 0.6 is 0 Å². The smallest absolute Gasteiger partial charge is 0.0678 e. The highest BCUT2D eigenvalue weighted by atomic mass is 16.5. The Kier molecular flexibility index (Phi) is 4.68. The summed E-state index contributed by atoms with van der Waals surface area (Å²) in [4.78, 5) is 2.58. The lowest BCUT2D eigenvalue weighted by molar-refractivity contribution is -0.0778. The van der Waals surface area contributed by atoms with Crippen molar-refractivity contribution in [3.8, 4) is 0 Å². The summed E-state index contributed by atoms with van der Waals surface area (Å²) in [6.45, 7) is 13.0. The fraction of sp³-hybridized carbons (Fsp3) is 1.00. The van der Waals surface area contributed by atoms with Gasteiger partial charge in [0.1, 0.15) is 0 Å². The number of nitrogens with zero attached hydrogens (tertiary/aromatic N) is 1. The molecule has 3 heteroatoms. The molecule has 2 fully saturated rings. The fourth-order valence-corrected chi connectivity index (χ4v) is 2.85. The third-order valence-corrected chi connectivity index (χ3v) is 4.26. The monoisotopic (exact) mass is 255 g/mol. The first-order valence-corrected chi connectivity index (χ1v) is 7.52. The van der Waals surface area contributed by atoms with Gasteiger partial charge in [0.05, 0.1) is 24.9 Å². The minimum Gasteiger partial charge on any atom is -0.378 e. The Balaban J connectivity index is 1.77. The molecule has 0 amide bonds. The molecule has 1 saturated heterocycles. The molecule has 0 N–H and O–H groups in total. The van der Waals surface area contributed by atoms with Gasteiger partial charge in [0.2, 0.25) is 0 Å². The highest BCUT2D eigenvalue weighted by molar-refractivity contribution is 4.96. The van der Waals surface area contributed by atoms with E-state index in [4.69, 9.17) is 9.47 Å². The summed E-state index contributed by atoms with van der Waals surface area (Å²) in [6, 6.07) is 0. The molecule has 3 nitrogen and oxygen atoms in total. The van der Waals surface area contributed by atoms with Crippen LogP contribution in [0, 0.1) is 5.41 Å². The van der Waals surface area contributed by atoms with Crippen molar-refractivity contribution in [1.29, 1.82) is 0 Å². The van der Waals surface area contributed by atoms with Gasteiger partial charge < -0.3 is 9.47 Å². The molecule has 1 heterocycles. The first-order valence-electron chi connectivity index (χ1n) is 7.52. The lowest BCUT2D eigenvalue weighted by atomic mass is 10.1. The summed E-state index contributed by atoms with van der Waals surface area (Å²) in [5.74, 6) is 0. The van der Waals surface area contributed by atoms with Crippen LogP contribution in [0.25, 0.3) is 0 Å². The van der Waals surface area contributed by atoms with Crippen LogP contribution in [0.4, 0.5) is 0 Å². The van der Waals surface area contributed by atoms with Gasteiger partial charge in [-0.15, -0.1) is 0 Å². The summed E-state index contributed by atoms with van der Waals surface area (Å²) in [5, 5.41) is 0. The molecule has 1 unspecified atom stereocenters. The van der Waals surface area contributed by atoms with E-state index in [2.05, 4.69) is 32.6 Å². The van der Waals surface area contributed by atoms with Crippen molar-refractivity contribution in [3.05, 3.63) is 0 Å². The highest BCUT2D eigenvalue weighted by Gasteiger charge is 2.45. The maximum absolute atomic E-state index is 5.96. The quantitative estimate of drug-likeness (QED) is 0.728. The Hall–Kier alpha value is -0.120. The second-order valence-electron chi connectivity index (χ2n) is 6.48. The molecule has 1 saturated carbocycles. The van der Waals surface area contributed by atoms with E-state index in [9.17, 15) is 0 Å². The Labute approximate surface area is 112 Å². The minimum absolute atomic E-state index is 0.375. The molecular formula is C15H29NO2. The zero-order chi connectivity index (χ0) is 13.2. The van der Waals surface area contributed by atoms with Crippen LogP contribution in [0.3, 0.4) is 0 Å². The van der Waals surface area contributed by atoms with Gasteiger partial charge in [-0.1, -0.05) is 6.92 Å². The zero-order valence-corrected chi connectivity index (χ0v) is 12.4. The van der Waals surface area contributed by atoms with Crippen molar-refractivity contribution in [2.45, 2.75) is 65.3 Å². The van der Waals surface area contributed by atoms with Gasteiger partial charge in [0, 0.05) is 25.0 Å². The fourth-order valence-electron chi connectivity index (χ4n) is 2.85. The first-order chi connectivity index (χ1) is 8.53. The van der Waals surface area contributed by atoms with Crippen molar-refractivity contribution in [1.82, 2.24) is 4.90 Å². The molecule has 2 rings (SSSR count). The SMILES string of the molecule is CCC(C)OCC1(CN2C[C@@H](C)O[C@@H](C)C2)CC1. The lowest BCUT2D eigenvalue weighted by Crippen LogP contribution is -2.48. The van der Waals surface area contributed by atoms with Crippen molar-refractivity contribution in [3.63, 3.8) is 0 Å². The maximum atomic E-state index is 5.96. The lowest BCUT2D eigenvalue weighted by Gasteiger charge is -2.37. The average Bonchev–Trinajstić information content (AvgIpc) is 3.05. The van der Waals surface area contributed by atoms with E-state index in [1.54, 1.807) is 0 Å². The van der Waals surface area contributed by atoms with Crippen molar-refractivity contribution in [2.24, 2.45) is 5.41 Å². The summed E-state index contributed by atoms with van der Waals surface area (Å²) >= 11 is 0. The van der Waals surface area contributed by atoms with Gasteiger partial charge in [0.25, 0.3) is 0 Å². The number of ether oxygens (including phenoxy) is 2. The van der Waals surface area contributed by atoms with E-state index in [1.165, 1.54) is 19.4 Å². The summed E-state index contributed by atoms with van der Waals surface area (Å²) < 4.78 is 11.7. The maximum Gasteiger partial charge on any atom is 0.0678 e. The van der Waals surface area contributed by atoms with Crippen LogP contribution in [-0.4, -0.2) is 49.5 Å². The normalized spacial score (nSPS) is 33.3. The zero-order valence-electron chi connectivity index (χ0n) is 12.4. The van der Waals surface area contributed by atoms with Gasteiger partial charge in [-0.2, -0.15) is 0 Å². The second kappa shape index (κ2) is 5.89. The molecule has 3 atom stereocenters. The number of hydrogen-bond acceptors (Lipinski definition) is 3. The van der Waals surface area contributed by atoms with Crippen LogP contribution in [-0.2, 0) is 9.47 Å². The summed E-state index contributed by atoms with van der Waals surface area (Å²) in [6.07, 6.45) is 4.94. The highest BCUT2D eigenvalue weighted by Crippen LogP contribution is 2.47. The van der Waals surface area contributed by atoms with Crippen molar-refractivity contribution < 1.29 is 9.47 Å². The number of hydrogen-bond donors (Lipinski definition) is 0. The third-order valence-electron chi connectivity index (χ3n) is 4.26. The molecule has 0 aromatic carbocycles. The minimum atomic E-state index is 0.375. The Morgan fingerprint density at radius 2 is 1.89 bits per heavy atom. The Bertz CT molecular complexity index is 255. The predicted octanol–water partition coefficient (Wildman–Crippen LogP) is 2.69. The van der Waals surface area contributed by atoms with Crippen LogP contribution in [0.2, 0.25) is 0 Å². The molecule has 0 radical (unpaired) electrons. The van der Waals surface area contributed by atoms with Gasteiger partial charge >= 0.3 is 0 Å². The second-order valence-corrected chi connectivity index (χ2v) is 6.48. The van der Waals surface area contributed by atoms with Crippen molar-refractivity contribution in [2.75, 3.05) is 26.2 Å². The summed E-state index contributed by atoms with van der Waals surface area (Å²) in [5.41, 5.74) is 0.459. The standard InChI is InChI=1S/C15H29NO2/c1-5-12(2)17-11-15(6-7-15)10-16-8-13(3)18-14(4)9-16/h12-14H,5-11H2,1-4H3/t12?,13-,14+. The van der Waals surface area contributed by atoms with Crippen LogP contribution in [0.5, 0.6) is 0 Å². The molecule has 18 heavy (non-hydrogen) atoms. The molecule has 0 aromatic heterocycles. The Morgan fingerprint density at radius 3 is 2.39 bits per heavy atom. The van der Waals surface area contributed by atoms with E-state index < -0.39 is 0 Å². The molecule has 1 aliphatic heterocycles. The third kappa shape index (κ3) is 3.94. The number of rotatable bonds is 6.